The zero-order valence-corrected chi connectivity index (χ0v) is 11.1. The summed E-state index contributed by atoms with van der Waals surface area (Å²) in [4.78, 5) is 2.04. The van der Waals surface area contributed by atoms with Crippen LogP contribution in [0.5, 0.6) is 0 Å². The van der Waals surface area contributed by atoms with Crippen molar-refractivity contribution < 1.29 is 9.13 Å². The van der Waals surface area contributed by atoms with Crippen molar-refractivity contribution in [2.24, 2.45) is 5.92 Å². The molecule has 0 fully saturated rings. The highest BCUT2D eigenvalue weighted by Crippen LogP contribution is 2.19. The van der Waals surface area contributed by atoms with Gasteiger partial charge in [0.05, 0.1) is 18.2 Å². The van der Waals surface area contributed by atoms with Crippen LogP contribution in [0, 0.1) is 23.1 Å². The zero-order valence-electron chi connectivity index (χ0n) is 11.1. The molecule has 0 radical (unpaired) electrons. The first kappa shape index (κ1) is 14.5. The molecule has 0 atom stereocenters. The van der Waals surface area contributed by atoms with Gasteiger partial charge in [-0.2, -0.15) is 5.26 Å². The third-order valence-electron chi connectivity index (χ3n) is 2.53. The van der Waals surface area contributed by atoms with Crippen LogP contribution < -0.4 is 4.90 Å². The van der Waals surface area contributed by atoms with Crippen molar-refractivity contribution in [1.29, 1.82) is 5.26 Å². The summed E-state index contributed by atoms with van der Waals surface area (Å²) in [5.41, 5.74) is 1.08. The number of rotatable bonds is 6. The quantitative estimate of drug-likeness (QED) is 0.779. The number of methoxy groups -OCH3 is 1. The SMILES string of the molecule is COCCN(CC(C)C)c1cc(F)cc(C#N)c1. The monoisotopic (exact) mass is 250 g/mol. The highest BCUT2D eigenvalue weighted by molar-refractivity contribution is 5.52. The van der Waals surface area contributed by atoms with E-state index < -0.39 is 0 Å². The lowest BCUT2D eigenvalue weighted by molar-refractivity contribution is 0.204. The second-order valence-corrected chi connectivity index (χ2v) is 4.64. The molecule has 0 saturated carbocycles. The van der Waals surface area contributed by atoms with Gasteiger partial charge in [0, 0.05) is 25.9 Å². The molecule has 0 saturated heterocycles. The van der Waals surface area contributed by atoms with Crippen molar-refractivity contribution in [2.45, 2.75) is 13.8 Å². The molecule has 0 N–H and O–H groups in total. The summed E-state index contributed by atoms with van der Waals surface area (Å²) in [6.07, 6.45) is 0. The van der Waals surface area contributed by atoms with Crippen LogP contribution in [0.25, 0.3) is 0 Å². The number of anilines is 1. The Morgan fingerprint density at radius 3 is 2.67 bits per heavy atom. The van der Waals surface area contributed by atoms with Gasteiger partial charge in [0.25, 0.3) is 0 Å². The predicted octanol–water partition coefficient (Wildman–Crippen LogP) is 2.81. The highest BCUT2D eigenvalue weighted by atomic mass is 19.1. The maximum atomic E-state index is 13.4. The van der Waals surface area contributed by atoms with Gasteiger partial charge in [0.1, 0.15) is 5.82 Å². The van der Waals surface area contributed by atoms with Crippen LogP contribution in [-0.2, 0) is 4.74 Å². The Morgan fingerprint density at radius 1 is 1.39 bits per heavy atom. The Labute approximate surface area is 108 Å². The third-order valence-corrected chi connectivity index (χ3v) is 2.53. The molecule has 0 heterocycles. The van der Waals surface area contributed by atoms with E-state index in [0.717, 1.165) is 12.2 Å². The maximum absolute atomic E-state index is 13.4. The van der Waals surface area contributed by atoms with Crippen LogP contribution in [0.15, 0.2) is 18.2 Å². The van der Waals surface area contributed by atoms with E-state index in [9.17, 15) is 4.39 Å². The molecule has 0 spiro atoms. The number of halogens is 1. The highest BCUT2D eigenvalue weighted by Gasteiger charge is 2.10. The summed E-state index contributed by atoms with van der Waals surface area (Å²) in [6.45, 7) is 6.26. The molecule has 0 aliphatic rings. The maximum Gasteiger partial charge on any atom is 0.126 e. The fourth-order valence-electron chi connectivity index (χ4n) is 1.79. The number of hydrogen-bond donors (Lipinski definition) is 0. The molecule has 0 aliphatic heterocycles. The minimum Gasteiger partial charge on any atom is -0.383 e. The Morgan fingerprint density at radius 2 is 2.11 bits per heavy atom. The Hall–Kier alpha value is -1.60. The lowest BCUT2D eigenvalue weighted by Gasteiger charge is -2.26. The predicted molar refractivity (Wildman–Crippen MR) is 70.0 cm³/mol. The van der Waals surface area contributed by atoms with E-state index in [1.807, 2.05) is 11.0 Å². The number of nitrogens with zero attached hydrogens (tertiary/aromatic N) is 2. The molecule has 4 heteroatoms. The summed E-state index contributed by atoms with van der Waals surface area (Å²) in [6, 6.07) is 6.38. The van der Waals surface area contributed by atoms with E-state index in [2.05, 4.69) is 13.8 Å². The summed E-state index contributed by atoms with van der Waals surface area (Å²) in [5.74, 6) is 0.0749. The molecule has 98 valence electrons. The summed E-state index contributed by atoms with van der Waals surface area (Å²) >= 11 is 0. The number of ether oxygens (including phenoxy) is 1. The average Bonchev–Trinajstić information content (AvgIpc) is 2.33. The van der Waals surface area contributed by atoms with Gasteiger partial charge in [0.15, 0.2) is 0 Å². The van der Waals surface area contributed by atoms with Crippen molar-refractivity contribution >= 4 is 5.69 Å². The molecule has 1 aromatic carbocycles. The number of benzene rings is 1. The number of nitriles is 1. The van der Waals surface area contributed by atoms with Gasteiger partial charge in [-0.1, -0.05) is 13.8 Å². The standard InChI is InChI=1S/C14H19FN2O/c1-11(2)10-17(4-5-18-3)14-7-12(9-16)6-13(15)8-14/h6-8,11H,4-5,10H2,1-3H3. The molecule has 0 unspecified atom stereocenters. The zero-order chi connectivity index (χ0) is 13.5. The van der Waals surface area contributed by atoms with Gasteiger partial charge < -0.3 is 9.64 Å². The molecule has 3 nitrogen and oxygen atoms in total. The van der Waals surface area contributed by atoms with E-state index in [4.69, 9.17) is 10.00 Å². The van der Waals surface area contributed by atoms with Gasteiger partial charge >= 0.3 is 0 Å². The molecular weight excluding hydrogens is 231 g/mol. The van der Waals surface area contributed by atoms with Crippen molar-refractivity contribution in [2.75, 3.05) is 31.7 Å². The van der Waals surface area contributed by atoms with Crippen LogP contribution in [0.1, 0.15) is 19.4 Å². The lowest BCUT2D eigenvalue weighted by atomic mass is 10.1. The molecule has 1 rings (SSSR count). The van der Waals surface area contributed by atoms with Crippen LogP contribution in [0.4, 0.5) is 10.1 Å². The first-order chi connectivity index (χ1) is 8.56. The van der Waals surface area contributed by atoms with Crippen molar-refractivity contribution in [3.63, 3.8) is 0 Å². The van der Waals surface area contributed by atoms with E-state index in [-0.39, 0.29) is 5.82 Å². The average molecular weight is 250 g/mol. The van der Waals surface area contributed by atoms with Crippen molar-refractivity contribution in [1.82, 2.24) is 0 Å². The van der Waals surface area contributed by atoms with Crippen LogP contribution in [0.2, 0.25) is 0 Å². The fraction of sp³-hybridized carbons (Fsp3) is 0.500. The number of hydrogen-bond acceptors (Lipinski definition) is 3. The van der Waals surface area contributed by atoms with Crippen LogP contribution >= 0.6 is 0 Å². The minimum atomic E-state index is -0.379. The molecule has 0 amide bonds. The molecular formula is C14H19FN2O. The summed E-state index contributed by atoms with van der Waals surface area (Å²) in [5, 5.41) is 8.87. The lowest BCUT2D eigenvalue weighted by Crippen LogP contribution is -2.31. The van der Waals surface area contributed by atoms with Crippen molar-refractivity contribution in [3.8, 4) is 6.07 Å². The first-order valence-corrected chi connectivity index (χ1v) is 6.01. The van der Waals surface area contributed by atoms with E-state index in [0.29, 0.717) is 24.6 Å². The molecule has 0 aliphatic carbocycles. The second-order valence-electron chi connectivity index (χ2n) is 4.64. The van der Waals surface area contributed by atoms with Gasteiger partial charge in [0.2, 0.25) is 0 Å². The van der Waals surface area contributed by atoms with Gasteiger partial charge in [-0.15, -0.1) is 0 Å². The van der Waals surface area contributed by atoms with Gasteiger partial charge in [-0.05, 0) is 24.1 Å². The molecule has 18 heavy (non-hydrogen) atoms. The van der Waals surface area contributed by atoms with Gasteiger partial charge in [-0.25, -0.2) is 4.39 Å². The Bertz CT molecular complexity index is 426. The fourth-order valence-corrected chi connectivity index (χ4v) is 1.79. The molecule has 0 bridgehead atoms. The topological polar surface area (TPSA) is 36.3 Å². The smallest absolute Gasteiger partial charge is 0.126 e. The van der Waals surface area contributed by atoms with E-state index in [1.54, 1.807) is 13.2 Å². The minimum absolute atomic E-state index is 0.344. The molecule has 0 aromatic heterocycles. The summed E-state index contributed by atoms with van der Waals surface area (Å²) in [7, 11) is 1.64. The van der Waals surface area contributed by atoms with Gasteiger partial charge in [-0.3, -0.25) is 0 Å². The first-order valence-electron chi connectivity index (χ1n) is 6.01. The Kier molecular flexibility index (Phi) is 5.60. The summed E-state index contributed by atoms with van der Waals surface area (Å²) < 4.78 is 18.5. The van der Waals surface area contributed by atoms with Crippen molar-refractivity contribution in [3.05, 3.63) is 29.6 Å². The normalized spacial score (nSPS) is 10.4. The van der Waals surface area contributed by atoms with Crippen LogP contribution in [0.3, 0.4) is 0 Å². The second kappa shape index (κ2) is 6.97. The van der Waals surface area contributed by atoms with Crippen LogP contribution in [-0.4, -0.2) is 26.8 Å². The van der Waals surface area contributed by atoms with E-state index >= 15 is 0 Å². The molecule has 1 aromatic rings. The Balaban J connectivity index is 2.96. The third kappa shape index (κ3) is 4.34. The largest absolute Gasteiger partial charge is 0.383 e. The van der Waals surface area contributed by atoms with E-state index in [1.165, 1.54) is 12.1 Å².